The van der Waals surface area contributed by atoms with Crippen molar-refractivity contribution in [2.75, 3.05) is 32.8 Å². The Morgan fingerprint density at radius 3 is 2.61 bits per heavy atom. The topological polar surface area (TPSA) is 62.7 Å². The fourth-order valence-corrected chi connectivity index (χ4v) is 5.83. The van der Waals surface area contributed by atoms with E-state index in [1.165, 1.54) is 43.4 Å². The van der Waals surface area contributed by atoms with Crippen LogP contribution in [0.4, 0.5) is 0 Å². The maximum absolute atomic E-state index is 13.2. The van der Waals surface area contributed by atoms with Gasteiger partial charge in [0.05, 0.1) is 30.0 Å². The summed E-state index contributed by atoms with van der Waals surface area (Å²) in [6.07, 6.45) is 6.83. The number of amides is 2. The fourth-order valence-electron chi connectivity index (χ4n) is 4.94. The zero-order valence-electron chi connectivity index (χ0n) is 17.0. The van der Waals surface area contributed by atoms with Gasteiger partial charge in [-0.25, -0.2) is 4.98 Å². The van der Waals surface area contributed by atoms with Crippen molar-refractivity contribution in [3.63, 3.8) is 0 Å². The highest BCUT2D eigenvalue weighted by Crippen LogP contribution is 2.29. The number of aromatic nitrogens is 1. The molecule has 2 saturated heterocycles. The lowest BCUT2D eigenvalue weighted by atomic mass is 9.86. The van der Waals surface area contributed by atoms with Gasteiger partial charge in [0.25, 0.3) is 5.91 Å². The van der Waals surface area contributed by atoms with Gasteiger partial charge >= 0.3 is 0 Å². The van der Waals surface area contributed by atoms with Crippen molar-refractivity contribution in [3.8, 4) is 0 Å². The van der Waals surface area contributed by atoms with E-state index in [1.807, 2.05) is 23.6 Å². The molecule has 1 saturated carbocycles. The van der Waals surface area contributed by atoms with E-state index in [1.54, 1.807) is 0 Å². The highest BCUT2D eigenvalue weighted by atomic mass is 32.1. The number of fused-ring (bicyclic) bond motifs is 3. The maximum atomic E-state index is 13.2. The van der Waals surface area contributed by atoms with E-state index in [0.717, 1.165) is 15.6 Å². The molecule has 3 fully saturated rings. The molecule has 0 spiro atoms. The Labute approximate surface area is 171 Å². The first kappa shape index (κ1) is 19.8. The minimum Gasteiger partial charge on any atom is -0.379 e. The molecule has 3 heterocycles. The summed E-state index contributed by atoms with van der Waals surface area (Å²) in [4.78, 5) is 35.4. The van der Waals surface area contributed by atoms with Gasteiger partial charge in [0.15, 0.2) is 0 Å². The number of hydrogen-bond donors (Lipinski definition) is 0. The molecule has 2 bridgehead atoms. The lowest BCUT2D eigenvalue weighted by Gasteiger charge is -2.32. The van der Waals surface area contributed by atoms with Crippen LogP contribution in [0.3, 0.4) is 0 Å². The quantitative estimate of drug-likeness (QED) is 0.775. The Hall–Kier alpha value is -1.47. The second kappa shape index (κ2) is 8.49. The number of nitrogens with zero attached hydrogens (tertiary/aromatic N) is 3. The number of carbonyl (C=O) groups excluding carboxylic acids is 2. The van der Waals surface area contributed by atoms with Gasteiger partial charge in [-0.05, 0) is 32.6 Å². The maximum Gasteiger partial charge on any atom is 0.265 e. The van der Waals surface area contributed by atoms with Crippen LogP contribution in [0.15, 0.2) is 0 Å². The third-order valence-corrected chi connectivity index (χ3v) is 7.42. The van der Waals surface area contributed by atoms with Gasteiger partial charge in [0.1, 0.15) is 4.88 Å². The first-order valence-electron chi connectivity index (χ1n) is 10.6. The largest absolute Gasteiger partial charge is 0.379 e. The van der Waals surface area contributed by atoms with Gasteiger partial charge < -0.3 is 14.5 Å². The molecule has 1 aromatic heterocycles. The zero-order chi connectivity index (χ0) is 19.7. The summed E-state index contributed by atoms with van der Waals surface area (Å²) in [5, 5.41) is 0.920. The van der Waals surface area contributed by atoms with Gasteiger partial charge in [-0.2, -0.15) is 0 Å². The summed E-state index contributed by atoms with van der Waals surface area (Å²) in [6.45, 7) is 6.90. The Morgan fingerprint density at radius 1 is 1.11 bits per heavy atom. The van der Waals surface area contributed by atoms with Crippen LogP contribution < -0.4 is 0 Å². The molecular formula is C21H31N3O3S. The van der Waals surface area contributed by atoms with Crippen molar-refractivity contribution in [3.05, 3.63) is 15.6 Å². The molecule has 0 N–H and O–H groups in total. The first-order chi connectivity index (χ1) is 13.5. The summed E-state index contributed by atoms with van der Waals surface area (Å²) in [5.41, 5.74) is 0.809. The Kier molecular flexibility index (Phi) is 6.01. The van der Waals surface area contributed by atoms with Crippen LogP contribution in [0, 0.1) is 25.7 Å². The molecule has 2 atom stereocenters. The van der Waals surface area contributed by atoms with E-state index in [0.29, 0.717) is 45.2 Å². The minimum absolute atomic E-state index is 0.0399. The SMILES string of the molecule is Cc1nc(C)c(C(=O)N2C[C@@H]3COC[C@H](C2)N(C(=O)CC2CCCCC2)C3)s1. The molecule has 1 aromatic rings. The van der Waals surface area contributed by atoms with E-state index < -0.39 is 0 Å². The van der Waals surface area contributed by atoms with Crippen molar-refractivity contribution in [1.29, 1.82) is 0 Å². The minimum atomic E-state index is -0.0399. The zero-order valence-corrected chi connectivity index (χ0v) is 17.8. The van der Waals surface area contributed by atoms with E-state index >= 15 is 0 Å². The highest BCUT2D eigenvalue weighted by Gasteiger charge is 2.38. The van der Waals surface area contributed by atoms with Crippen LogP contribution in [0.1, 0.15) is 58.9 Å². The molecule has 0 radical (unpaired) electrons. The summed E-state index contributed by atoms with van der Waals surface area (Å²) in [6, 6.07) is -0.0399. The van der Waals surface area contributed by atoms with E-state index in [2.05, 4.69) is 4.98 Å². The van der Waals surface area contributed by atoms with E-state index in [9.17, 15) is 9.59 Å². The number of carbonyl (C=O) groups is 2. The lowest BCUT2D eigenvalue weighted by molar-refractivity contribution is -0.135. The van der Waals surface area contributed by atoms with Crippen molar-refractivity contribution in [2.45, 2.75) is 58.4 Å². The van der Waals surface area contributed by atoms with Gasteiger partial charge in [0, 0.05) is 32.0 Å². The first-order valence-corrected chi connectivity index (χ1v) is 11.4. The number of thiazole rings is 1. The number of ether oxygens (including phenoxy) is 1. The van der Waals surface area contributed by atoms with Crippen molar-refractivity contribution in [2.24, 2.45) is 11.8 Å². The predicted molar refractivity (Wildman–Crippen MR) is 108 cm³/mol. The predicted octanol–water partition coefficient (Wildman–Crippen LogP) is 3.03. The molecule has 154 valence electrons. The van der Waals surface area contributed by atoms with Crippen molar-refractivity contribution < 1.29 is 14.3 Å². The summed E-state index contributed by atoms with van der Waals surface area (Å²) in [5.74, 6) is 1.03. The fraction of sp³-hybridized carbons (Fsp3) is 0.762. The lowest BCUT2D eigenvalue weighted by Crippen LogP contribution is -2.48. The van der Waals surface area contributed by atoms with Crippen molar-refractivity contribution in [1.82, 2.24) is 14.8 Å². The van der Waals surface area contributed by atoms with Gasteiger partial charge in [0.2, 0.25) is 5.91 Å². The third kappa shape index (κ3) is 4.25. The summed E-state index contributed by atoms with van der Waals surface area (Å²) < 4.78 is 5.85. The van der Waals surface area contributed by atoms with Crippen LogP contribution >= 0.6 is 11.3 Å². The van der Waals surface area contributed by atoms with Gasteiger partial charge in [-0.1, -0.05) is 19.3 Å². The normalized spacial score (nSPS) is 26.2. The summed E-state index contributed by atoms with van der Waals surface area (Å²) in [7, 11) is 0. The molecule has 0 unspecified atom stereocenters. The smallest absolute Gasteiger partial charge is 0.265 e. The molecule has 4 rings (SSSR count). The second-order valence-corrected chi connectivity index (χ2v) is 9.87. The molecule has 2 aliphatic heterocycles. The highest BCUT2D eigenvalue weighted by molar-refractivity contribution is 7.13. The van der Waals surface area contributed by atoms with Crippen LogP contribution in [-0.2, 0) is 9.53 Å². The van der Waals surface area contributed by atoms with Crippen molar-refractivity contribution >= 4 is 23.2 Å². The third-order valence-electron chi connectivity index (χ3n) is 6.36. The van der Waals surface area contributed by atoms with E-state index in [4.69, 9.17) is 4.74 Å². The molecule has 7 heteroatoms. The average molecular weight is 406 g/mol. The molecule has 2 amide bonds. The van der Waals surface area contributed by atoms with Crippen LogP contribution in [-0.4, -0.2) is 65.5 Å². The van der Waals surface area contributed by atoms with Crippen LogP contribution in [0.25, 0.3) is 0 Å². The average Bonchev–Trinajstić information content (AvgIpc) is 2.83. The Bertz CT molecular complexity index is 728. The second-order valence-electron chi connectivity index (χ2n) is 8.67. The Balaban J connectivity index is 1.48. The van der Waals surface area contributed by atoms with Gasteiger partial charge in [-0.3, -0.25) is 9.59 Å². The molecule has 0 aromatic carbocycles. The molecule has 3 aliphatic rings. The van der Waals surface area contributed by atoms with Crippen LogP contribution in [0.5, 0.6) is 0 Å². The van der Waals surface area contributed by atoms with E-state index in [-0.39, 0.29) is 23.8 Å². The molecular weight excluding hydrogens is 374 g/mol. The standard InChI is InChI=1S/C21H31N3O3S/c1-14-20(28-15(2)22-14)21(26)23-9-17-10-24(18(11-23)13-27-12-17)19(25)8-16-6-4-3-5-7-16/h16-18H,3-13H2,1-2H3/t17-,18-/m0/s1. The monoisotopic (exact) mass is 405 g/mol. The number of rotatable bonds is 3. The molecule has 28 heavy (non-hydrogen) atoms. The Morgan fingerprint density at radius 2 is 1.89 bits per heavy atom. The van der Waals surface area contributed by atoms with Gasteiger partial charge in [-0.15, -0.1) is 11.3 Å². The van der Waals surface area contributed by atoms with Crippen LogP contribution in [0.2, 0.25) is 0 Å². The number of aryl methyl sites for hydroxylation is 2. The molecule has 1 aliphatic carbocycles. The summed E-state index contributed by atoms with van der Waals surface area (Å²) >= 11 is 1.47. The molecule has 6 nitrogen and oxygen atoms in total. The number of hydrogen-bond acceptors (Lipinski definition) is 5.